The van der Waals surface area contributed by atoms with Crippen molar-refractivity contribution in [1.82, 2.24) is 0 Å². The summed E-state index contributed by atoms with van der Waals surface area (Å²) in [6, 6.07) is 24.6. The molecule has 0 saturated carbocycles. The van der Waals surface area contributed by atoms with Crippen LogP contribution < -0.4 is 0 Å². The number of halogens is 1. The van der Waals surface area contributed by atoms with Gasteiger partial charge in [0.15, 0.2) is 0 Å². The Labute approximate surface area is 244 Å². The highest BCUT2D eigenvalue weighted by molar-refractivity contribution is 6.64. The predicted molar refractivity (Wildman–Crippen MR) is 171 cm³/mol. The van der Waals surface area contributed by atoms with Gasteiger partial charge in [0.1, 0.15) is 5.78 Å². The van der Waals surface area contributed by atoms with Crippen molar-refractivity contribution in [2.45, 2.75) is 106 Å². The SMILES string of the molecule is CC.CC.CC.CC1C(=O)Cc2ccccc21.CC1CCc2ccccc21.Cc1ccccc1C(C)C(=O)Cl. The molecule has 214 valence electrons. The molecule has 2 aliphatic rings. The Balaban J connectivity index is 0.000000507. The third-order valence-corrected chi connectivity index (χ3v) is 7.12. The van der Waals surface area contributed by atoms with Gasteiger partial charge in [-0.2, -0.15) is 0 Å². The number of carbonyl (C=O) groups is 2. The average molecular weight is 551 g/mol. The monoisotopic (exact) mass is 550 g/mol. The fourth-order valence-electron chi connectivity index (χ4n) is 4.60. The van der Waals surface area contributed by atoms with Gasteiger partial charge in [-0.15, -0.1) is 0 Å². The second-order valence-corrected chi connectivity index (χ2v) is 9.46. The Bertz CT molecular complexity index is 1120. The van der Waals surface area contributed by atoms with Gasteiger partial charge in [0, 0.05) is 12.3 Å². The van der Waals surface area contributed by atoms with Crippen molar-refractivity contribution >= 4 is 22.6 Å². The number of ketones is 1. The van der Waals surface area contributed by atoms with E-state index in [1.807, 2.05) is 111 Å². The van der Waals surface area contributed by atoms with Crippen molar-refractivity contribution in [3.63, 3.8) is 0 Å². The van der Waals surface area contributed by atoms with Gasteiger partial charge in [-0.1, -0.05) is 135 Å². The minimum absolute atomic E-state index is 0.131. The lowest BCUT2D eigenvalue weighted by atomic mass is 9.98. The number of rotatable bonds is 2. The third kappa shape index (κ3) is 11.1. The molecule has 0 N–H and O–H groups in total. The van der Waals surface area contributed by atoms with E-state index in [2.05, 4.69) is 31.2 Å². The summed E-state index contributed by atoms with van der Waals surface area (Å²) in [5.41, 5.74) is 7.69. The fourth-order valence-corrected chi connectivity index (χ4v) is 4.71. The van der Waals surface area contributed by atoms with Crippen LogP contribution in [0.15, 0.2) is 72.8 Å². The highest BCUT2D eigenvalue weighted by Crippen LogP contribution is 2.31. The Kier molecular flexibility index (Phi) is 18.8. The van der Waals surface area contributed by atoms with Crippen LogP contribution in [0.1, 0.15) is 120 Å². The molecule has 0 radical (unpaired) electrons. The number of Topliss-reactive ketones (excluding diaryl/α,β-unsaturated/α-hetero) is 1. The van der Waals surface area contributed by atoms with Crippen molar-refractivity contribution in [3.8, 4) is 0 Å². The van der Waals surface area contributed by atoms with Crippen molar-refractivity contribution in [1.29, 1.82) is 0 Å². The van der Waals surface area contributed by atoms with E-state index in [4.69, 9.17) is 11.6 Å². The largest absolute Gasteiger partial charge is 0.299 e. The van der Waals surface area contributed by atoms with Crippen LogP contribution in [-0.2, 0) is 22.4 Å². The van der Waals surface area contributed by atoms with Crippen LogP contribution in [0.4, 0.5) is 0 Å². The van der Waals surface area contributed by atoms with E-state index in [0.29, 0.717) is 12.2 Å². The summed E-state index contributed by atoms with van der Waals surface area (Å²) < 4.78 is 0. The van der Waals surface area contributed by atoms with Crippen molar-refractivity contribution in [2.24, 2.45) is 0 Å². The fraction of sp³-hybridized carbons (Fsp3) is 0.444. The van der Waals surface area contributed by atoms with E-state index < -0.39 is 0 Å². The van der Waals surface area contributed by atoms with E-state index in [1.165, 1.54) is 24.0 Å². The Hall–Kier alpha value is -2.71. The van der Waals surface area contributed by atoms with Gasteiger partial charge in [-0.05, 0) is 70.7 Å². The summed E-state index contributed by atoms with van der Waals surface area (Å²) in [6.07, 6.45) is 3.27. The molecule has 0 fully saturated rings. The normalized spacial score (nSPS) is 16.3. The molecule has 0 bridgehead atoms. The van der Waals surface area contributed by atoms with Crippen molar-refractivity contribution < 1.29 is 9.59 Å². The summed E-state index contributed by atoms with van der Waals surface area (Å²) in [5, 5.41) is -0.302. The predicted octanol–water partition coefficient (Wildman–Crippen LogP) is 10.6. The smallest absolute Gasteiger partial charge is 0.228 e. The van der Waals surface area contributed by atoms with Crippen LogP contribution in [0.5, 0.6) is 0 Å². The number of fused-ring (bicyclic) bond motifs is 2. The third-order valence-electron chi connectivity index (χ3n) is 6.80. The van der Waals surface area contributed by atoms with Crippen LogP contribution in [0.3, 0.4) is 0 Å². The molecule has 3 aromatic carbocycles. The first kappa shape index (κ1) is 36.3. The van der Waals surface area contributed by atoms with E-state index in [1.54, 1.807) is 11.1 Å². The second kappa shape index (κ2) is 20.2. The van der Waals surface area contributed by atoms with Crippen LogP contribution in [-0.4, -0.2) is 11.0 Å². The molecule has 5 rings (SSSR count). The van der Waals surface area contributed by atoms with Gasteiger partial charge in [0.2, 0.25) is 5.24 Å². The summed E-state index contributed by atoms with van der Waals surface area (Å²) in [6.45, 7) is 20.1. The Morgan fingerprint density at radius 2 is 1.26 bits per heavy atom. The minimum Gasteiger partial charge on any atom is -0.299 e. The number of aryl methyl sites for hydroxylation is 2. The molecule has 3 atom stereocenters. The summed E-state index contributed by atoms with van der Waals surface area (Å²) in [4.78, 5) is 22.1. The Morgan fingerprint density at radius 3 is 1.77 bits per heavy atom. The van der Waals surface area contributed by atoms with Gasteiger partial charge in [-0.25, -0.2) is 0 Å². The molecule has 0 aromatic heterocycles. The maximum atomic E-state index is 11.2. The maximum absolute atomic E-state index is 11.2. The van der Waals surface area contributed by atoms with Crippen LogP contribution >= 0.6 is 11.6 Å². The molecule has 3 heteroatoms. The number of carbonyl (C=O) groups excluding carboxylic acids is 2. The summed E-state index contributed by atoms with van der Waals surface area (Å²) in [7, 11) is 0. The van der Waals surface area contributed by atoms with Gasteiger partial charge in [0.05, 0.1) is 5.92 Å². The highest BCUT2D eigenvalue weighted by atomic mass is 35.5. The minimum atomic E-state index is -0.302. The average Bonchev–Trinajstić information content (AvgIpc) is 3.51. The van der Waals surface area contributed by atoms with E-state index in [-0.39, 0.29) is 17.1 Å². The van der Waals surface area contributed by atoms with E-state index >= 15 is 0 Å². The van der Waals surface area contributed by atoms with Gasteiger partial charge in [0.25, 0.3) is 0 Å². The Morgan fingerprint density at radius 1 is 0.769 bits per heavy atom. The highest BCUT2D eigenvalue weighted by Gasteiger charge is 2.25. The quantitative estimate of drug-likeness (QED) is 0.297. The first-order valence-corrected chi connectivity index (χ1v) is 15.1. The van der Waals surface area contributed by atoms with Gasteiger partial charge >= 0.3 is 0 Å². The molecule has 3 unspecified atom stereocenters. The van der Waals surface area contributed by atoms with E-state index in [9.17, 15) is 9.59 Å². The number of hydrogen-bond acceptors (Lipinski definition) is 2. The molecule has 2 aliphatic carbocycles. The molecular formula is C36H51ClO2. The molecule has 3 aromatic rings. The topological polar surface area (TPSA) is 34.1 Å². The second-order valence-electron chi connectivity index (χ2n) is 9.08. The lowest BCUT2D eigenvalue weighted by Crippen LogP contribution is -2.03. The molecular weight excluding hydrogens is 500 g/mol. The number of hydrogen-bond donors (Lipinski definition) is 0. The zero-order valence-corrected chi connectivity index (χ0v) is 26.7. The summed E-state index contributed by atoms with van der Waals surface area (Å²) >= 11 is 5.40. The lowest BCUT2D eigenvalue weighted by Gasteiger charge is -2.08. The van der Waals surface area contributed by atoms with Gasteiger partial charge in [-0.3, -0.25) is 9.59 Å². The van der Waals surface area contributed by atoms with Crippen LogP contribution in [0.2, 0.25) is 0 Å². The molecule has 0 saturated heterocycles. The van der Waals surface area contributed by atoms with Crippen molar-refractivity contribution in [2.75, 3.05) is 0 Å². The lowest BCUT2D eigenvalue weighted by molar-refractivity contribution is -0.118. The standard InChI is InChI=1S/C10H11ClO.C10H10O.C10H12.3C2H6/c1-7-5-3-4-6-9(7)8(2)10(11)12;1-7-9-5-3-2-4-8(9)6-10(7)11;1-8-6-7-9-4-2-3-5-10(8)9;3*1-2/h3-6,8H,1-2H3;2-5,7H,6H2,1H3;2-5,8H,6-7H2,1H3;3*1-2H3. The molecule has 0 spiro atoms. The van der Waals surface area contributed by atoms with Gasteiger partial charge < -0.3 is 0 Å². The van der Waals surface area contributed by atoms with E-state index in [0.717, 1.165) is 17.0 Å². The summed E-state index contributed by atoms with van der Waals surface area (Å²) in [5.74, 6) is 1.08. The van der Waals surface area contributed by atoms with Crippen LogP contribution in [0.25, 0.3) is 0 Å². The first-order chi connectivity index (χ1) is 18.8. The maximum Gasteiger partial charge on any atom is 0.228 e. The molecule has 0 amide bonds. The first-order valence-electron chi connectivity index (χ1n) is 14.7. The molecule has 0 heterocycles. The number of benzene rings is 3. The van der Waals surface area contributed by atoms with Crippen molar-refractivity contribution in [3.05, 3.63) is 106 Å². The molecule has 2 nitrogen and oxygen atoms in total. The molecule has 39 heavy (non-hydrogen) atoms. The molecule has 0 aliphatic heterocycles. The zero-order chi connectivity index (χ0) is 30.0. The van der Waals surface area contributed by atoms with Crippen LogP contribution in [0, 0.1) is 6.92 Å². The zero-order valence-electron chi connectivity index (χ0n) is 26.0.